The SMILES string of the molecule is CC(N)CCNC(=O)c1ccccc1OCc1ccc(F)cc1. The number of hydrogen-bond acceptors (Lipinski definition) is 3. The van der Waals surface area contributed by atoms with Gasteiger partial charge in [0, 0.05) is 12.6 Å². The topological polar surface area (TPSA) is 64.3 Å². The molecule has 0 radical (unpaired) electrons. The number of hydrogen-bond donors (Lipinski definition) is 2. The highest BCUT2D eigenvalue weighted by Crippen LogP contribution is 2.19. The molecule has 5 heteroatoms. The molecule has 0 saturated heterocycles. The van der Waals surface area contributed by atoms with Crippen LogP contribution in [0.4, 0.5) is 4.39 Å². The molecule has 2 aromatic rings. The first kappa shape index (κ1) is 17.0. The Kier molecular flexibility index (Phi) is 6.11. The van der Waals surface area contributed by atoms with Crippen LogP contribution in [-0.2, 0) is 6.61 Å². The average Bonchev–Trinajstić information content (AvgIpc) is 2.54. The molecule has 122 valence electrons. The van der Waals surface area contributed by atoms with Crippen LogP contribution in [0.3, 0.4) is 0 Å². The number of nitrogens with two attached hydrogens (primary N) is 1. The smallest absolute Gasteiger partial charge is 0.255 e. The highest BCUT2D eigenvalue weighted by molar-refractivity contribution is 5.96. The van der Waals surface area contributed by atoms with Crippen molar-refractivity contribution in [1.29, 1.82) is 0 Å². The zero-order valence-corrected chi connectivity index (χ0v) is 13.1. The van der Waals surface area contributed by atoms with Crippen molar-refractivity contribution >= 4 is 5.91 Å². The number of benzene rings is 2. The van der Waals surface area contributed by atoms with E-state index >= 15 is 0 Å². The zero-order chi connectivity index (χ0) is 16.7. The summed E-state index contributed by atoms with van der Waals surface area (Å²) in [5, 5.41) is 2.83. The Morgan fingerprint density at radius 2 is 1.91 bits per heavy atom. The van der Waals surface area contributed by atoms with Gasteiger partial charge in [0.05, 0.1) is 5.56 Å². The number of amides is 1. The van der Waals surface area contributed by atoms with E-state index < -0.39 is 0 Å². The molecule has 0 aliphatic rings. The predicted octanol–water partition coefficient (Wildman–Crippen LogP) is 2.87. The molecule has 0 aromatic heterocycles. The Bertz CT molecular complexity index is 642. The summed E-state index contributed by atoms with van der Waals surface area (Å²) < 4.78 is 18.6. The molecule has 1 unspecified atom stereocenters. The summed E-state index contributed by atoms with van der Waals surface area (Å²) in [6.45, 7) is 2.68. The van der Waals surface area contributed by atoms with Gasteiger partial charge >= 0.3 is 0 Å². The molecular weight excluding hydrogens is 295 g/mol. The minimum atomic E-state index is -0.289. The fourth-order valence-corrected chi connectivity index (χ4v) is 2.03. The fourth-order valence-electron chi connectivity index (χ4n) is 2.03. The minimum absolute atomic E-state index is 0.0419. The lowest BCUT2D eigenvalue weighted by atomic mass is 10.1. The van der Waals surface area contributed by atoms with E-state index in [1.807, 2.05) is 6.92 Å². The van der Waals surface area contributed by atoms with Gasteiger partial charge in [-0.2, -0.15) is 0 Å². The molecule has 0 aliphatic carbocycles. The number of carbonyl (C=O) groups is 1. The lowest BCUT2D eigenvalue weighted by Crippen LogP contribution is -2.29. The number of ether oxygens (including phenoxy) is 1. The van der Waals surface area contributed by atoms with Crippen LogP contribution in [0.5, 0.6) is 5.75 Å². The Hall–Kier alpha value is -2.40. The third-order valence-corrected chi connectivity index (χ3v) is 3.32. The largest absolute Gasteiger partial charge is 0.488 e. The van der Waals surface area contributed by atoms with Crippen molar-refractivity contribution < 1.29 is 13.9 Å². The molecule has 2 aromatic carbocycles. The molecule has 0 aliphatic heterocycles. The first-order valence-corrected chi connectivity index (χ1v) is 7.56. The number of para-hydroxylation sites is 1. The Morgan fingerprint density at radius 3 is 2.61 bits per heavy atom. The number of halogens is 1. The first-order chi connectivity index (χ1) is 11.1. The monoisotopic (exact) mass is 316 g/mol. The van der Waals surface area contributed by atoms with Crippen molar-refractivity contribution in [1.82, 2.24) is 5.32 Å². The number of nitrogens with one attached hydrogen (secondary N) is 1. The summed E-state index contributed by atoms with van der Waals surface area (Å²) in [4.78, 5) is 12.2. The maximum atomic E-state index is 12.9. The maximum absolute atomic E-state index is 12.9. The van der Waals surface area contributed by atoms with E-state index in [0.717, 1.165) is 5.56 Å². The summed E-state index contributed by atoms with van der Waals surface area (Å²) in [5.74, 6) is 0.0122. The van der Waals surface area contributed by atoms with Gasteiger partial charge in [0.25, 0.3) is 5.91 Å². The predicted molar refractivity (Wildman–Crippen MR) is 87.8 cm³/mol. The standard InChI is InChI=1S/C18H21FN2O2/c1-13(20)10-11-21-18(22)16-4-2-3-5-17(16)23-12-14-6-8-15(19)9-7-14/h2-9,13H,10-12,20H2,1H3,(H,21,22). The summed E-state index contributed by atoms with van der Waals surface area (Å²) in [5.41, 5.74) is 6.97. The van der Waals surface area contributed by atoms with Gasteiger partial charge in [-0.1, -0.05) is 24.3 Å². The summed E-state index contributed by atoms with van der Waals surface area (Å²) in [6, 6.07) is 13.1. The third kappa shape index (κ3) is 5.38. The molecule has 0 bridgehead atoms. The maximum Gasteiger partial charge on any atom is 0.255 e. The van der Waals surface area contributed by atoms with Crippen LogP contribution in [0, 0.1) is 5.82 Å². The number of carbonyl (C=O) groups excluding carboxylic acids is 1. The van der Waals surface area contributed by atoms with E-state index in [1.54, 1.807) is 36.4 Å². The van der Waals surface area contributed by atoms with E-state index in [-0.39, 0.29) is 24.4 Å². The van der Waals surface area contributed by atoms with Crippen molar-refractivity contribution in [3.63, 3.8) is 0 Å². The summed E-state index contributed by atoms with van der Waals surface area (Å²) in [6.07, 6.45) is 0.713. The van der Waals surface area contributed by atoms with E-state index in [1.165, 1.54) is 12.1 Å². The molecular formula is C18H21FN2O2. The zero-order valence-electron chi connectivity index (χ0n) is 13.1. The quantitative estimate of drug-likeness (QED) is 0.825. The van der Waals surface area contributed by atoms with E-state index in [9.17, 15) is 9.18 Å². The molecule has 1 amide bonds. The average molecular weight is 316 g/mol. The van der Waals surface area contributed by atoms with Gasteiger partial charge in [-0.25, -0.2) is 4.39 Å². The Labute approximate surface area is 135 Å². The molecule has 0 heterocycles. The van der Waals surface area contributed by atoms with Crippen LogP contribution >= 0.6 is 0 Å². The van der Waals surface area contributed by atoms with Gasteiger partial charge in [-0.05, 0) is 43.2 Å². The van der Waals surface area contributed by atoms with E-state index in [0.29, 0.717) is 24.3 Å². The van der Waals surface area contributed by atoms with Crippen LogP contribution in [-0.4, -0.2) is 18.5 Å². The minimum Gasteiger partial charge on any atom is -0.488 e. The lowest BCUT2D eigenvalue weighted by molar-refractivity contribution is 0.0948. The van der Waals surface area contributed by atoms with Gasteiger partial charge in [0.1, 0.15) is 18.2 Å². The molecule has 1 atom stereocenters. The normalized spacial score (nSPS) is 11.8. The van der Waals surface area contributed by atoms with Gasteiger partial charge < -0.3 is 15.8 Å². The van der Waals surface area contributed by atoms with Gasteiger partial charge in [0.15, 0.2) is 0 Å². The Balaban J connectivity index is 1.99. The van der Waals surface area contributed by atoms with Crippen molar-refractivity contribution in [2.45, 2.75) is 26.0 Å². The second-order valence-corrected chi connectivity index (χ2v) is 5.43. The molecule has 0 fully saturated rings. The molecule has 2 rings (SSSR count). The van der Waals surface area contributed by atoms with Crippen LogP contribution in [0.15, 0.2) is 48.5 Å². The van der Waals surface area contributed by atoms with E-state index in [4.69, 9.17) is 10.5 Å². The van der Waals surface area contributed by atoms with Gasteiger partial charge in [-0.3, -0.25) is 4.79 Å². The molecule has 3 N–H and O–H groups in total. The van der Waals surface area contributed by atoms with Crippen molar-refractivity contribution in [3.8, 4) is 5.75 Å². The second-order valence-electron chi connectivity index (χ2n) is 5.43. The molecule has 4 nitrogen and oxygen atoms in total. The van der Waals surface area contributed by atoms with Crippen molar-refractivity contribution in [2.24, 2.45) is 5.73 Å². The summed E-state index contributed by atoms with van der Waals surface area (Å²) >= 11 is 0. The van der Waals surface area contributed by atoms with Crippen molar-refractivity contribution in [2.75, 3.05) is 6.54 Å². The first-order valence-electron chi connectivity index (χ1n) is 7.56. The molecule has 0 spiro atoms. The van der Waals surface area contributed by atoms with E-state index in [2.05, 4.69) is 5.32 Å². The third-order valence-electron chi connectivity index (χ3n) is 3.32. The fraction of sp³-hybridized carbons (Fsp3) is 0.278. The summed E-state index contributed by atoms with van der Waals surface area (Å²) in [7, 11) is 0. The second kappa shape index (κ2) is 8.29. The highest BCUT2D eigenvalue weighted by Gasteiger charge is 2.12. The van der Waals surface area contributed by atoms with Crippen LogP contribution < -0.4 is 15.8 Å². The lowest BCUT2D eigenvalue weighted by Gasteiger charge is -2.12. The highest BCUT2D eigenvalue weighted by atomic mass is 19.1. The van der Waals surface area contributed by atoms with Crippen LogP contribution in [0.1, 0.15) is 29.3 Å². The van der Waals surface area contributed by atoms with Gasteiger partial charge in [-0.15, -0.1) is 0 Å². The molecule has 0 saturated carbocycles. The Morgan fingerprint density at radius 1 is 1.22 bits per heavy atom. The van der Waals surface area contributed by atoms with Crippen LogP contribution in [0.25, 0.3) is 0 Å². The molecule has 23 heavy (non-hydrogen) atoms. The van der Waals surface area contributed by atoms with Crippen molar-refractivity contribution in [3.05, 3.63) is 65.5 Å². The number of rotatable bonds is 7. The van der Waals surface area contributed by atoms with Crippen LogP contribution in [0.2, 0.25) is 0 Å². The van der Waals surface area contributed by atoms with Gasteiger partial charge in [0.2, 0.25) is 0 Å².